The Balaban J connectivity index is 1.89. The summed E-state index contributed by atoms with van der Waals surface area (Å²) < 4.78 is 37.1. The van der Waals surface area contributed by atoms with Crippen LogP contribution >= 0.6 is 0 Å². The summed E-state index contributed by atoms with van der Waals surface area (Å²) >= 11 is 0. The molecule has 3 aromatic carbocycles. The summed E-state index contributed by atoms with van der Waals surface area (Å²) in [5.41, 5.74) is 14.0. The average molecular weight is 538 g/mol. The highest BCUT2D eigenvalue weighted by molar-refractivity contribution is 7.74. The van der Waals surface area contributed by atoms with Crippen molar-refractivity contribution >= 4 is 56.5 Å². The number of amides is 1. The number of thiol groups is 1. The molecule has 0 saturated heterocycles. The van der Waals surface area contributed by atoms with Gasteiger partial charge in [-0.05, 0) is 29.8 Å². The van der Waals surface area contributed by atoms with Crippen LogP contribution in [0.3, 0.4) is 0 Å². The Morgan fingerprint density at radius 2 is 1.61 bits per heavy atom. The standard InChI is InChI=1S/C25H27N7O5S/c1-36-18-9-16(10-19(12-18)37-2)28-24-25(31-21-6-4-3-5-20(21)30-24)32(38(34)35)17-8-7-15(13-26)22(11-17)29-23(33)14-27/h3-12,38H,13-14,26-27H2,1-2H3,(H,28,30)(H,29,33). The van der Waals surface area contributed by atoms with E-state index in [4.69, 9.17) is 20.9 Å². The molecule has 0 aliphatic rings. The van der Waals surface area contributed by atoms with Crippen molar-refractivity contribution in [3.8, 4) is 11.5 Å². The van der Waals surface area contributed by atoms with E-state index in [-0.39, 0.29) is 30.4 Å². The lowest BCUT2D eigenvalue weighted by Gasteiger charge is -2.22. The molecule has 4 aromatic rings. The minimum atomic E-state index is -3.26. The molecule has 0 unspecified atom stereocenters. The SMILES string of the molecule is COc1cc(Nc2nc3ccccc3nc2N(c2ccc(CN)c(NC(=O)CN)c2)[SH](=O)=O)cc(OC)c1. The third-order valence-electron chi connectivity index (χ3n) is 5.55. The van der Waals surface area contributed by atoms with Gasteiger partial charge in [-0.3, -0.25) is 4.79 Å². The van der Waals surface area contributed by atoms with Gasteiger partial charge in [0, 0.05) is 36.1 Å². The fraction of sp³-hybridized carbons (Fsp3) is 0.160. The Labute approximate surface area is 220 Å². The second-order valence-corrected chi connectivity index (χ2v) is 8.83. The Morgan fingerprint density at radius 1 is 0.947 bits per heavy atom. The summed E-state index contributed by atoms with van der Waals surface area (Å²) in [5.74, 6) is 0.764. The molecule has 0 saturated carbocycles. The van der Waals surface area contributed by atoms with Crippen molar-refractivity contribution in [3.63, 3.8) is 0 Å². The number of aromatic nitrogens is 2. The number of fused-ring (bicyclic) bond motifs is 1. The molecule has 0 bridgehead atoms. The molecule has 6 N–H and O–H groups in total. The van der Waals surface area contributed by atoms with E-state index in [2.05, 4.69) is 20.6 Å². The topological polar surface area (TPSA) is 175 Å². The molecular weight excluding hydrogens is 510 g/mol. The van der Waals surface area contributed by atoms with Crippen LogP contribution in [-0.4, -0.2) is 45.1 Å². The fourth-order valence-electron chi connectivity index (χ4n) is 3.72. The van der Waals surface area contributed by atoms with E-state index < -0.39 is 16.8 Å². The Hall–Kier alpha value is -4.46. The molecule has 4 rings (SSSR count). The highest BCUT2D eigenvalue weighted by Crippen LogP contribution is 2.36. The molecule has 0 atom stereocenters. The van der Waals surface area contributed by atoms with Crippen molar-refractivity contribution in [2.75, 3.05) is 35.7 Å². The number of rotatable bonds is 10. The third kappa shape index (κ3) is 5.75. The van der Waals surface area contributed by atoms with Crippen LogP contribution in [0.1, 0.15) is 5.56 Å². The van der Waals surface area contributed by atoms with Crippen LogP contribution in [0.25, 0.3) is 11.0 Å². The van der Waals surface area contributed by atoms with E-state index in [1.807, 2.05) is 0 Å². The summed E-state index contributed by atoms with van der Waals surface area (Å²) in [6.45, 7) is -0.133. The second-order valence-electron chi connectivity index (χ2n) is 7.96. The van der Waals surface area contributed by atoms with Gasteiger partial charge in [0.05, 0.1) is 37.5 Å². The fourth-order valence-corrected chi connectivity index (χ4v) is 4.33. The molecule has 1 aromatic heterocycles. The van der Waals surface area contributed by atoms with Gasteiger partial charge in [0.1, 0.15) is 11.5 Å². The number of carbonyl (C=O) groups excluding carboxylic acids is 1. The highest BCUT2D eigenvalue weighted by Gasteiger charge is 2.22. The maximum Gasteiger partial charge on any atom is 0.238 e. The van der Waals surface area contributed by atoms with Crippen molar-refractivity contribution in [1.82, 2.24) is 9.97 Å². The van der Waals surface area contributed by atoms with Crippen molar-refractivity contribution in [2.24, 2.45) is 11.5 Å². The van der Waals surface area contributed by atoms with Gasteiger partial charge in [-0.2, -0.15) is 0 Å². The normalized spacial score (nSPS) is 10.9. The third-order valence-corrected chi connectivity index (χ3v) is 6.29. The van der Waals surface area contributed by atoms with Gasteiger partial charge in [-0.25, -0.2) is 22.7 Å². The lowest BCUT2D eigenvalue weighted by Crippen LogP contribution is -2.23. The minimum absolute atomic E-state index is 0.0122. The molecule has 0 radical (unpaired) electrons. The van der Waals surface area contributed by atoms with Gasteiger partial charge in [0.25, 0.3) is 0 Å². The largest absolute Gasteiger partial charge is 0.497 e. The summed E-state index contributed by atoms with van der Waals surface area (Å²) in [5, 5.41) is 5.81. The quantitative estimate of drug-likeness (QED) is 0.189. The lowest BCUT2D eigenvalue weighted by molar-refractivity contribution is -0.114. The predicted octanol–water partition coefficient (Wildman–Crippen LogP) is 2.41. The van der Waals surface area contributed by atoms with Gasteiger partial charge < -0.3 is 31.6 Å². The summed E-state index contributed by atoms with van der Waals surface area (Å²) in [6.07, 6.45) is 0. The van der Waals surface area contributed by atoms with E-state index in [1.54, 1.807) is 54.6 Å². The number of nitrogens with two attached hydrogens (primary N) is 2. The summed E-state index contributed by atoms with van der Waals surface area (Å²) in [7, 11) is -0.212. The molecule has 12 nitrogen and oxygen atoms in total. The molecule has 1 amide bonds. The molecule has 0 fully saturated rings. The minimum Gasteiger partial charge on any atom is -0.497 e. The van der Waals surface area contributed by atoms with Crippen LogP contribution in [0.5, 0.6) is 11.5 Å². The zero-order chi connectivity index (χ0) is 27.2. The molecule has 0 spiro atoms. The molecule has 1 heterocycles. The smallest absolute Gasteiger partial charge is 0.238 e. The summed E-state index contributed by atoms with van der Waals surface area (Å²) in [4.78, 5) is 21.3. The molecule has 198 valence electrons. The van der Waals surface area contributed by atoms with Gasteiger partial charge in [0.15, 0.2) is 11.6 Å². The van der Waals surface area contributed by atoms with E-state index in [9.17, 15) is 13.2 Å². The van der Waals surface area contributed by atoms with Gasteiger partial charge in [0.2, 0.25) is 16.8 Å². The highest BCUT2D eigenvalue weighted by atomic mass is 32.2. The van der Waals surface area contributed by atoms with E-state index >= 15 is 0 Å². The van der Waals surface area contributed by atoms with Crippen LogP contribution in [0.15, 0.2) is 60.7 Å². The van der Waals surface area contributed by atoms with E-state index in [0.717, 1.165) is 4.31 Å². The van der Waals surface area contributed by atoms with E-state index in [1.165, 1.54) is 20.3 Å². The van der Waals surface area contributed by atoms with Gasteiger partial charge >= 0.3 is 0 Å². The van der Waals surface area contributed by atoms with Crippen molar-refractivity contribution in [2.45, 2.75) is 6.54 Å². The number of hydrogen-bond donors (Lipinski definition) is 5. The van der Waals surface area contributed by atoms with Gasteiger partial charge in [-0.15, -0.1) is 0 Å². The van der Waals surface area contributed by atoms with Crippen LogP contribution < -0.4 is 35.9 Å². The maximum atomic E-state index is 12.7. The molecule has 13 heteroatoms. The summed E-state index contributed by atoms with van der Waals surface area (Å²) in [6, 6.07) is 16.9. The number of nitrogens with zero attached hydrogens (tertiary/aromatic N) is 3. The Kier molecular flexibility index (Phi) is 8.21. The van der Waals surface area contributed by atoms with Crippen LogP contribution in [0.2, 0.25) is 0 Å². The number of hydrogen-bond acceptors (Lipinski definition) is 10. The number of anilines is 5. The monoisotopic (exact) mass is 537 g/mol. The first kappa shape index (κ1) is 26.6. The van der Waals surface area contributed by atoms with Crippen LogP contribution in [-0.2, 0) is 22.2 Å². The van der Waals surface area contributed by atoms with Crippen molar-refractivity contribution < 1.29 is 22.7 Å². The zero-order valence-electron chi connectivity index (χ0n) is 20.7. The number of methoxy groups -OCH3 is 2. The van der Waals surface area contributed by atoms with E-state index in [0.29, 0.717) is 39.5 Å². The average Bonchev–Trinajstić information content (AvgIpc) is 2.93. The second kappa shape index (κ2) is 11.7. The molecule has 0 aliphatic heterocycles. The number of carbonyl (C=O) groups is 1. The maximum absolute atomic E-state index is 12.7. The molecule has 0 aliphatic carbocycles. The van der Waals surface area contributed by atoms with Crippen molar-refractivity contribution in [3.05, 3.63) is 66.2 Å². The Bertz CT molecular complexity index is 1530. The number of ether oxygens (including phenoxy) is 2. The van der Waals surface area contributed by atoms with Gasteiger partial charge in [-0.1, -0.05) is 18.2 Å². The number of nitrogens with one attached hydrogen (secondary N) is 2. The lowest BCUT2D eigenvalue weighted by atomic mass is 10.1. The first-order chi connectivity index (χ1) is 18.4. The number of para-hydroxylation sites is 2. The first-order valence-corrected chi connectivity index (χ1v) is 12.5. The number of benzene rings is 3. The molecule has 38 heavy (non-hydrogen) atoms. The Morgan fingerprint density at radius 3 is 2.18 bits per heavy atom. The van der Waals surface area contributed by atoms with Crippen LogP contribution in [0, 0.1) is 0 Å². The predicted molar refractivity (Wildman–Crippen MR) is 147 cm³/mol. The zero-order valence-corrected chi connectivity index (χ0v) is 21.6. The van der Waals surface area contributed by atoms with Crippen LogP contribution in [0.4, 0.5) is 28.7 Å². The molecular formula is C25H27N7O5S. The van der Waals surface area contributed by atoms with Crippen molar-refractivity contribution in [1.29, 1.82) is 0 Å². The first-order valence-electron chi connectivity index (χ1n) is 11.4.